The van der Waals surface area contributed by atoms with E-state index in [0.29, 0.717) is 0 Å². The van der Waals surface area contributed by atoms with Crippen molar-refractivity contribution in [2.45, 2.75) is 6.42 Å². The van der Waals surface area contributed by atoms with Crippen LogP contribution in [0.4, 0.5) is 0 Å². The minimum Gasteiger partial charge on any atom is -0.0622 e. The van der Waals surface area contributed by atoms with Gasteiger partial charge in [-0.1, -0.05) is 66.7 Å². The first-order valence-electron chi connectivity index (χ1n) is 5.50. The molecule has 0 nitrogen and oxygen atoms in total. The lowest BCUT2D eigenvalue weighted by atomic mass is 10.1. The van der Waals surface area contributed by atoms with Crippen LogP contribution in [0.15, 0.2) is 54.6 Å². The summed E-state index contributed by atoms with van der Waals surface area (Å²) in [5.74, 6) is 0. The molecule has 0 heterocycles. The average Bonchev–Trinajstić information content (AvgIpc) is 2.38. The third-order valence-electron chi connectivity index (χ3n) is 2.54. The average molecular weight is 207 g/mol. The topological polar surface area (TPSA) is 0 Å². The van der Waals surface area contributed by atoms with E-state index < -0.39 is 0 Å². The van der Waals surface area contributed by atoms with Gasteiger partial charge in [0.05, 0.1) is 0 Å². The molecular formula is C16H15. The summed E-state index contributed by atoms with van der Waals surface area (Å²) < 4.78 is 0. The lowest BCUT2D eigenvalue weighted by molar-refractivity contribution is 1.27. The summed E-state index contributed by atoms with van der Waals surface area (Å²) in [6.07, 6.45) is 5.10. The Hall–Kier alpha value is -1.82. The molecule has 16 heavy (non-hydrogen) atoms. The number of benzene rings is 2. The zero-order valence-electron chi connectivity index (χ0n) is 9.27. The van der Waals surface area contributed by atoms with Crippen LogP contribution in [0.1, 0.15) is 16.7 Å². The van der Waals surface area contributed by atoms with Crippen LogP contribution in [0, 0.1) is 6.92 Å². The van der Waals surface area contributed by atoms with Crippen LogP contribution in [0.25, 0.3) is 12.2 Å². The van der Waals surface area contributed by atoms with Crippen molar-refractivity contribution < 1.29 is 0 Å². The summed E-state index contributed by atoms with van der Waals surface area (Å²) >= 11 is 0. The molecule has 0 spiro atoms. The van der Waals surface area contributed by atoms with E-state index in [9.17, 15) is 0 Å². The molecular weight excluding hydrogens is 192 g/mol. The third-order valence-corrected chi connectivity index (χ3v) is 2.54. The highest BCUT2D eigenvalue weighted by atomic mass is 13.9. The van der Waals surface area contributed by atoms with E-state index >= 15 is 0 Å². The van der Waals surface area contributed by atoms with Gasteiger partial charge in [0.2, 0.25) is 0 Å². The van der Waals surface area contributed by atoms with Gasteiger partial charge in [-0.25, -0.2) is 0 Å². The van der Waals surface area contributed by atoms with Crippen molar-refractivity contribution in [1.29, 1.82) is 0 Å². The highest BCUT2D eigenvalue weighted by Crippen LogP contribution is 2.09. The molecule has 0 unspecified atom stereocenters. The minimum absolute atomic E-state index is 0.850. The van der Waals surface area contributed by atoms with E-state index in [1.54, 1.807) is 0 Å². The molecule has 0 aliphatic rings. The second kappa shape index (κ2) is 5.32. The molecule has 0 amide bonds. The predicted molar refractivity (Wildman–Crippen MR) is 70.9 cm³/mol. The number of hydrogen-bond acceptors (Lipinski definition) is 0. The molecule has 0 aromatic heterocycles. The molecule has 2 aromatic carbocycles. The Labute approximate surface area is 97.3 Å². The van der Waals surface area contributed by atoms with Gasteiger partial charge < -0.3 is 0 Å². The molecule has 0 N–H and O–H groups in total. The van der Waals surface area contributed by atoms with Crippen molar-refractivity contribution >= 4 is 12.2 Å². The molecule has 0 aliphatic carbocycles. The predicted octanol–water partition coefficient (Wildman–Crippen LogP) is 4.23. The first-order chi connectivity index (χ1) is 7.88. The fourth-order valence-corrected chi connectivity index (χ4v) is 1.55. The Bertz CT molecular complexity index is 449. The molecule has 0 fully saturated rings. The fourth-order valence-electron chi connectivity index (χ4n) is 1.55. The standard InChI is InChI=1S/C16H15/c1-2-14-8-10-16(11-9-14)13-12-15-6-4-3-5-7-15/h3-13H,1-2H2. The molecule has 0 bridgehead atoms. The first kappa shape index (κ1) is 10.7. The SMILES string of the molecule is [CH2]Cc1ccc(C=Cc2ccccc2)cc1. The van der Waals surface area contributed by atoms with Crippen molar-refractivity contribution in [3.05, 3.63) is 78.2 Å². The van der Waals surface area contributed by atoms with Crippen molar-refractivity contribution in [3.8, 4) is 0 Å². The molecule has 2 aromatic rings. The maximum absolute atomic E-state index is 3.86. The molecule has 2 rings (SSSR count). The van der Waals surface area contributed by atoms with Crippen LogP contribution < -0.4 is 0 Å². The highest BCUT2D eigenvalue weighted by Gasteiger charge is 1.89. The van der Waals surface area contributed by atoms with Gasteiger partial charge in [-0.15, -0.1) is 0 Å². The van der Waals surface area contributed by atoms with Gasteiger partial charge in [-0.05, 0) is 30.0 Å². The van der Waals surface area contributed by atoms with Gasteiger partial charge in [-0.3, -0.25) is 0 Å². The van der Waals surface area contributed by atoms with Gasteiger partial charge >= 0.3 is 0 Å². The van der Waals surface area contributed by atoms with E-state index in [1.807, 2.05) is 18.2 Å². The van der Waals surface area contributed by atoms with Crippen molar-refractivity contribution in [2.75, 3.05) is 0 Å². The van der Waals surface area contributed by atoms with E-state index in [0.717, 1.165) is 6.42 Å². The summed E-state index contributed by atoms with van der Waals surface area (Å²) in [5.41, 5.74) is 3.72. The van der Waals surface area contributed by atoms with Gasteiger partial charge in [0.25, 0.3) is 0 Å². The normalized spacial score (nSPS) is 10.8. The Kier molecular flexibility index (Phi) is 3.55. The lowest BCUT2D eigenvalue weighted by Crippen LogP contribution is -1.79. The zero-order valence-corrected chi connectivity index (χ0v) is 9.27. The second-order valence-electron chi connectivity index (χ2n) is 3.74. The van der Waals surface area contributed by atoms with E-state index in [-0.39, 0.29) is 0 Å². The van der Waals surface area contributed by atoms with Gasteiger partial charge in [-0.2, -0.15) is 0 Å². The lowest BCUT2D eigenvalue weighted by Gasteiger charge is -1.97. The molecule has 0 heteroatoms. The number of hydrogen-bond donors (Lipinski definition) is 0. The van der Waals surface area contributed by atoms with Crippen molar-refractivity contribution in [2.24, 2.45) is 0 Å². The Morgan fingerprint density at radius 2 is 1.31 bits per heavy atom. The van der Waals surface area contributed by atoms with Crippen LogP contribution in [-0.4, -0.2) is 0 Å². The van der Waals surface area contributed by atoms with Crippen LogP contribution in [-0.2, 0) is 6.42 Å². The Morgan fingerprint density at radius 3 is 1.88 bits per heavy atom. The maximum atomic E-state index is 3.86. The number of rotatable bonds is 3. The third kappa shape index (κ3) is 2.83. The molecule has 79 valence electrons. The maximum Gasteiger partial charge on any atom is -0.0256 e. The highest BCUT2D eigenvalue weighted by molar-refractivity contribution is 5.69. The van der Waals surface area contributed by atoms with E-state index in [2.05, 4.69) is 55.5 Å². The summed E-state index contributed by atoms with van der Waals surface area (Å²) in [4.78, 5) is 0. The second-order valence-corrected chi connectivity index (χ2v) is 3.74. The van der Waals surface area contributed by atoms with Gasteiger partial charge in [0, 0.05) is 0 Å². The van der Waals surface area contributed by atoms with Crippen LogP contribution in [0.3, 0.4) is 0 Å². The van der Waals surface area contributed by atoms with E-state index in [4.69, 9.17) is 0 Å². The van der Waals surface area contributed by atoms with Gasteiger partial charge in [0.15, 0.2) is 0 Å². The minimum atomic E-state index is 0.850. The summed E-state index contributed by atoms with van der Waals surface area (Å²) in [5, 5.41) is 0. The smallest absolute Gasteiger partial charge is 0.0256 e. The van der Waals surface area contributed by atoms with Crippen LogP contribution in [0.5, 0.6) is 0 Å². The van der Waals surface area contributed by atoms with Crippen molar-refractivity contribution in [3.63, 3.8) is 0 Å². The Balaban J connectivity index is 2.12. The van der Waals surface area contributed by atoms with Crippen LogP contribution >= 0.6 is 0 Å². The quantitative estimate of drug-likeness (QED) is 0.660. The van der Waals surface area contributed by atoms with Crippen LogP contribution in [0.2, 0.25) is 0 Å². The monoisotopic (exact) mass is 207 g/mol. The Morgan fingerprint density at radius 1 is 0.750 bits per heavy atom. The molecule has 0 saturated carbocycles. The molecule has 0 atom stereocenters. The molecule has 0 saturated heterocycles. The zero-order chi connectivity index (χ0) is 11.2. The van der Waals surface area contributed by atoms with E-state index in [1.165, 1.54) is 16.7 Å². The summed E-state index contributed by atoms with van der Waals surface area (Å²) in [6.45, 7) is 3.86. The fraction of sp³-hybridized carbons (Fsp3) is 0.0625. The first-order valence-corrected chi connectivity index (χ1v) is 5.50. The summed E-state index contributed by atoms with van der Waals surface area (Å²) in [7, 11) is 0. The van der Waals surface area contributed by atoms with Crippen molar-refractivity contribution in [1.82, 2.24) is 0 Å². The summed E-state index contributed by atoms with van der Waals surface area (Å²) in [6, 6.07) is 18.8. The van der Waals surface area contributed by atoms with Gasteiger partial charge in [0.1, 0.15) is 0 Å². The largest absolute Gasteiger partial charge is 0.0622 e. The molecule has 1 radical (unpaired) electrons. The molecule has 0 aliphatic heterocycles.